The van der Waals surface area contributed by atoms with Gasteiger partial charge in [0, 0.05) is 16.6 Å². The van der Waals surface area contributed by atoms with Crippen LogP contribution < -0.4 is 5.73 Å². The summed E-state index contributed by atoms with van der Waals surface area (Å²) in [6, 6.07) is 7.00. The van der Waals surface area contributed by atoms with Crippen LogP contribution >= 0.6 is 11.6 Å². The van der Waals surface area contributed by atoms with Gasteiger partial charge >= 0.3 is 0 Å². The van der Waals surface area contributed by atoms with E-state index in [1.807, 2.05) is 0 Å². The number of anilines is 1. The lowest BCUT2D eigenvalue weighted by atomic mass is 10.1. The first kappa shape index (κ1) is 11.6. The molecule has 0 fully saturated rings. The van der Waals surface area contributed by atoms with Crippen LogP contribution in [0.2, 0.25) is 5.02 Å². The zero-order valence-corrected chi connectivity index (χ0v) is 10.4. The number of nitrogen functional groups attached to an aromatic ring is 1. The summed E-state index contributed by atoms with van der Waals surface area (Å²) in [6.07, 6.45) is 2.74. The molecule has 0 saturated heterocycles. The van der Waals surface area contributed by atoms with Crippen molar-refractivity contribution in [3.8, 4) is 0 Å². The molecule has 0 aliphatic heterocycles. The fourth-order valence-corrected chi connectivity index (χ4v) is 1.88. The predicted molar refractivity (Wildman–Crippen MR) is 70.9 cm³/mol. The van der Waals surface area contributed by atoms with Crippen molar-refractivity contribution in [3.63, 3.8) is 0 Å². The Labute approximate surface area is 112 Å². The molecule has 7 heteroatoms. The number of nitrogens with zero attached hydrogens (tertiary/aromatic N) is 4. The monoisotopic (exact) mass is 273 g/mol. The maximum absolute atomic E-state index is 12.1. The van der Waals surface area contributed by atoms with E-state index in [0.29, 0.717) is 10.6 Å². The van der Waals surface area contributed by atoms with E-state index < -0.39 is 0 Å². The van der Waals surface area contributed by atoms with Crippen LogP contribution in [0.5, 0.6) is 0 Å². The van der Waals surface area contributed by atoms with Gasteiger partial charge in [-0.15, -0.1) is 5.10 Å². The third-order valence-corrected chi connectivity index (χ3v) is 2.85. The summed E-state index contributed by atoms with van der Waals surface area (Å²) < 4.78 is 1.08. The average molecular weight is 274 g/mol. The molecule has 3 aromatic rings. The Balaban J connectivity index is 2.06. The van der Waals surface area contributed by atoms with Crippen LogP contribution in [0.4, 0.5) is 5.95 Å². The molecule has 6 nitrogen and oxygen atoms in total. The van der Waals surface area contributed by atoms with Crippen molar-refractivity contribution in [3.05, 3.63) is 47.4 Å². The number of nitrogens with two attached hydrogens (primary N) is 1. The molecule has 19 heavy (non-hydrogen) atoms. The van der Waals surface area contributed by atoms with Crippen molar-refractivity contribution in [1.82, 2.24) is 19.7 Å². The fraction of sp³-hybridized carbons (Fsp3) is 0. The van der Waals surface area contributed by atoms with Crippen LogP contribution in [0.1, 0.15) is 10.4 Å². The van der Waals surface area contributed by atoms with Gasteiger partial charge in [0.2, 0.25) is 5.95 Å². The maximum atomic E-state index is 12.1. The number of aromatic nitrogens is 4. The Morgan fingerprint density at radius 1 is 1.26 bits per heavy atom. The van der Waals surface area contributed by atoms with Gasteiger partial charge in [0.15, 0.2) is 0 Å². The molecule has 94 valence electrons. The molecule has 0 atom stereocenters. The lowest BCUT2D eigenvalue weighted by Crippen LogP contribution is -2.13. The van der Waals surface area contributed by atoms with Crippen molar-refractivity contribution < 1.29 is 4.79 Å². The van der Waals surface area contributed by atoms with Crippen LogP contribution in [0.15, 0.2) is 36.8 Å². The van der Waals surface area contributed by atoms with Gasteiger partial charge in [-0.3, -0.25) is 9.78 Å². The van der Waals surface area contributed by atoms with Crippen molar-refractivity contribution in [1.29, 1.82) is 0 Å². The minimum atomic E-state index is -0.339. The number of carbonyl (C=O) groups is 1. The lowest BCUT2D eigenvalue weighted by molar-refractivity contribution is 0.0945. The van der Waals surface area contributed by atoms with Gasteiger partial charge in [-0.1, -0.05) is 17.7 Å². The first-order valence-electron chi connectivity index (χ1n) is 5.40. The minimum absolute atomic E-state index is 0.0499. The van der Waals surface area contributed by atoms with Gasteiger partial charge in [-0.25, -0.2) is 4.98 Å². The molecule has 0 spiro atoms. The Morgan fingerprint density at radius 2 is 2.11 bits per heavy atom. The number of carbonyl (C=O) groups excluding carboxylic acids is 1. The number of halogens is 1. The smallest absolute Gasteiger partial charge is 0.281 e. The normalized spacial score (nSPS) is 10.8. The second-order valence-electron chi connectivity index (χ2n) is 3.91. The molecule has 2 aromatic heterocycles. The Morgan fingerprint density at radius 3 is 2.84 bits per heavy atom. The lowest BCUT2D eigenvalue weighted by Gasteiger charge is -2.02. The van der Waals surface area contributed by atoms with Gasteiger partial charge in [0.05, 0.1) is 11.1 Å². The van der Waals surface area contributed by atoms with E-state index in [4.69, 9.17) is 17.3 Å². The first-order valence-corrected chi connectivity index (χ1v) is 5.78. The van der Waals surface area contributed by atoms with E-state index in [2.05, 4.69) is 15.1 Å². The Bertz CT molecular complexity index is 783. The summed E-state index contributed by atoms with van der Waals surface area (Å²) in [7, 11) is 0. The summed E-state index contributed by atoms with van der Waals surface area (Å²) in [5.41, 5.74) is 6.50. The van der Waals surface area contributed by atoms with Crippen LogP contribution in [0.25, 0.3) is 10.9 Å². The molecule has 0 saturated carbocycles. The van der Waals surface area contributed by atoms with Crippen LogP contribution in [-0.4, -0.2) is 25.7 Å². The van der Waals surface area contributed by atoms with Crippen molar-refractivity contribution in [2.24, 2.45) is 0 Å². The van der Waals surface area contributed by atoms with Crippen LogP contribution in [0, 0.1) is 0 Å². The molecule has 0 aliphatic rings. The number of pyridine rings is 1. The SMILES string of the molecule is Nc1ncn(C(=O)c2cnc3cc(Cl)ccc3c2)n1. The minimum Gasteiger partial charge on any atom is -0.366 e. The maximum Gasteiger partial charge on any atom is 0.281 e. The van der Waals surface area contributed by atoms with Gasteiger partial charge in [0.25, 0.3) is 5.91 Å². The molecule has 0 radical (unpaired) electrons. The van der Waals surface area contributed by atoms with E-state index in [-0.39, 0.29) is 11.9 Å². The molecule has 0 amide bonds. The van der Waals surface area contributed by atoms with Crippen LogP contribution in [-0.2, 0) is 0 Å². The highest BCUT2D eigenvalue weighted by atomic mass is 35.5. The third-order valence-electron chi connectivity index (χ3n) is 2.61. The predicted octanol–water partition coefficient (Wildman–Crippen LogP) is 1.75. The summed E-state index contributed by atoms with van der Waals surface area (Å²) in [5.74, 6) is -0.289. The second kappa shape index (κ2) is 4.33. The Kier molecular flexibility index (Phi) is 2.64. The number of fused-ring (bicyclic) bond motifs is 1. The molecular formula is C12H8ClN5O. The van der Waals surface area contributed by atoms with E-state index >= 15 is 0 Å². The molecule has 3 rings (SSSR count). The summed E-state index contributed by atoms with van der Waals surface area (Å²) >= 11 is 5.88. The molecule has 1 aromatic carbocycles. The largest absolute Gasteiger partial charge is 0.366 e. The summed E-state index contributed by atoms with van der Waals surface area (Å²) in [5, 5.41) is 5.19. The van der Waals surface area contributed by atoms with E-state index in [1.165, 1.54) is 12.5 Å². The zero-order chi connectivity index (χ0) is 13.4. The van der Waals surface area contributed by atoms with Gasteiger partial charge in [0.1, 0.15) is 6.33 Å². The first-order chi connectivity index (χ1) is 9.13. The molecule has 2 N–H and O–H groups in total. The molecule has 0 bridgehead atoms. The molecule has 0 aliphatic carbocycles. The highest BCUT2D eigenvalue weighted by Crippen LogP contribution is 2.18. The zero-order valence-electron chi connectivity index (χ0n) is 9.62. The van der Waals surface area contributed by atoms with Crippen molar-refractivity contribution in [2.45, 2.75) is 0 Å². The van der Waals surface area contributed by atoms with Crippen molar-refractivity contribution in [2.75, 3.05) is 5.73 Å². The van der Waals surface area contributed by atoms with E-state index in [1.54, 1.807) is 24.3 Å². The average Bonchev–Trinajstić information content (AvgIpc) is 2.84. The number of benzene rings is 1. The highest BCUT2D eigenvalue weighted by Gasteiger charge is 2.11. The molecule has 0 unspecified atom stereocenters. The topological polar surface area (TPSA) is 86.7 Å². The number of rotatable bonds is 1. The fourth-order valence-electron chi connectivity index (χ4n) is 1.72. The van der Waals surface area contributed by atoms with Gasteiger partial charge in [-0.2, -0.15) is 4.68 Å². The second-order valence-corrected chi connectivity index (χ2v) is 4.35. The van der Waals surface area contributed by atoms with Gasteiger partial charge in [-0.05, 0) is 18.2 Å². The van der Waals surface area contributed by atoms with Crippen LogP contribution in [0.3, 0.4) is 0 Å². The Hall–Kier alpha value is -2.47. The number of hydrogen-bond donors (Lipinski definition) is 1. The van der Waals surface area contributed by atoms with E-state index in [9.17, 15) is 4.79 Å². The van der Waals surface area contributed by atoms with Crippen molar-refractivity contribution >= 4 is 34.4 Å². The van der Waals surface area contributed by atoms with E-state index in [0.717, 1.165) is 15.6 Å². The van der Waals surface area contributed by atoms with Gasteiger partial charge < -0.3 is 5.73 Å². The standard InChI is InChI=1S/C12H8ClN5O/c13-9-2-1-7-3-8(5-15-10(7)4-9)11(19)18-6-16-12(14)17-18/h1-6H,(H2,14,17). The molecular weight excluding hydrogens is 266 g/mol. The number of hydrogen-bond acceptors (Lipinski definition) is 5. The quantitative estimate of drug-likeness (QED) is 0.730. The summed E-state index contributed by atoms with van der Waals surface area (Å²) in [6.45, 7) is 0. The third kappa shape index (κ3) is 2.13. The summed E-state index contributed by atoms with van der Waals surface area (Å²) in [4.78, 5) is 20.0. The molecule has 2 heterocycles. The highest BCUT2D eigenvalue weighted by molar-refractivity contribution is 6.31.